The van der Waals surface area contributed by atoms with Gasteiger partial charge in [0.1, 0.15) is 6.61 Å². The van der Waals surface area contributed by atoms with E-state index in [9.17, 15) is 18.0 Å². The predicted molar refractivity (Wildman–Crippen MR) is 95.9 cm³/mol. The Kier molecular flexibility index (Phi) is 7.55. The second-order valence-electron chi connectivity index (χ2n) is 5.98. The maximum absolute atomic E-state index is 12.9. The van der Waals surface area contributed by atoms with E-state index in [0.717, 1.165) is 0 Å². The molecule has 1 N–H and O–H groups in total. The van der Waals surface area contributed by atoms with Gasteiger partial charge in [0.2, 0.25) is 21.8 Å². The number of nitrogens with zero attached hydrogens (tertiary/aromatic N) is 2. The number of ether oxygens (including phenoxy) is 1. The van der Waals surface area contributed by atoms with E-state index in [-0.39, 0.29) is 42.8 Å². The molecule has 1 aromatic rings. The van der Waals surface area contributed by atoms with Gasteiger partial charge in [0.15, 0.2) is 0 Å². The first-order valence-electron chi connectivity index (χ1n) is 8.54. The molecule has 8 nitrogen and oxygen atoms in total. The fourth-order valence-corrected chi connectivity index (χ4v) is 4.25. The van der Waals surface area contributed by atoms with Crippen LogP contribution in [0.5, 0.6) is 0 Å². The SMILES string of the molecule is COCC(=O)N1CCCN(S(=O)(=O)c2ccccc2)CCC(=O)NCC1. The van der Waals surface area contributed by atoms with Gasteiger partial charge in [0.25, 0.3) is 0 Å². The van der Waals surface area contributed by atoms with Crippen LogP contribution in [0.15, 0.2) is 35.2 Å². The molecule has 0 saturated carbocycles. The van der Waals surface area contributed by atoms with Crippen molar-refractivity contribution in [1.82, 2.24) is 14.5 Å². The third-order valence-electron chi connectivity index (χ3n) is 4.13. The fraction of sp³-hybridized carbons (Fsp3) is 0.529. The van der Waals surface area contributed by atoms with Crippen molar-refractivity contribution in [3.05, 3.63) is 30.3 Å². The molecule has 0 radical (unpaired) electrons. The summed E-state index contributed by atoms with van der Waals surface area (Å²) in [5.41, 5.74) is 0. The van der Waals surface area contributed by atoms with E-state index in [4.69, 9.17) is 4.74 Å². The third kappa shape index (κ3) is 5.52. The van der Waals surface area contributed by atoms with Gasteiger partial charge in [0, 0.05) is 46.3 Å². The molecule has 0 aromatic heterocycles. The molecule has 1 aromatic carbocycles. The van der Waals surface area contributed by atoms with Crippen LogP contribution in [0.1, 0.15) is 12.8 Å². The molecule has 0 unspecified atom stereocenters. The van der Waals surface area contributed by atoms with Crippen molar-refractivity contribution in [1.29, 1.82) is 0 Å². The van der Waals surface area contributed by atoms with Crippen LogP contribution < -0.4 is 5.32 Å². The van der Waals surface area contributed by atoms with E-state index in [1.165, 1.54) is 23.5 Å². The summed E-state index contributed by atoms with van der Waals surface area (Å²) in [6.45, 7) is 1.41. The average molecular weight is 383 g/mol. The lowest BCUT2D eigenvalue weighted by atomic mass is 10.3. The van der Waals surface area contributed by atoms with Crippen molar-refractivity contribution >= 4 is 21.8 Å². The quantitative estimate of drug-likeness (QED) is 0.793. The van der Waals surface area contributed by atoms with E-state index in [2.05, 4.69) is 5.32 Å². The van der Waals surface area contributed by atoms with Crippen LogP contribution in [0, 0.1) is 0 Å². The topological polar surface area (TPSA) is 96.0 Å². The molecule has 0 atom stereocenters. The first-order valence-corrected chi connectivity index (χ1v) is 9.98. The largest absolute Gasteiger partial charge is 0.375 e. The second kappa shape index (κ2) is 9.65. The van der Waals surface area contributed by atoms with Gasteiger partial charge in [-0.05, 0) is 18.6 Å². The summed E-state index contributed by atoms with van der Waals surface area (Å²) in [5.74, 6) is -0.419. The van der Waals surface area contributed by atoms with E-state index in [1.807, 2.05) is 0 Å². The number of nitrogens with one attached hydrogen (secondary N) is 1. The van der Waals surface area contributed by atoms with Crippen LogP contribution >= 0.6 is 0 Å². The zero-order valence-electron chi connectivity index (χ0n) is 14.9. The summed E-state index contributed by atoms with van der Waals surface area (Å²) in [7, 11) is -2.24. The molecule has 0 aliphatic carbocycles. The number of carbonyl (C=O) groups is 2. The molecule has 9 heteroatoms. The smallest absolute Gasteiger partial charge is 0.248 e. The third-order valence-corrected chi connectivity index (χ3v) is 6.04. The Morgan fingerprint density at radius 1 is 1.15 bits per heavy atom. The molecular formula is C17H25N3O5S. The zero-order chi connectivity index (χ0) is 19.0. The Bertz CT molecular complexity index is 708. The van der Waals surface area contributed by atoms with Gasteiger partial charge < -0.3 is 15.0 Å². The van der Waals surface area contributed by atoms with Crippen molar-refractivity contribution in [3.8, 4) is 0 Å². The Morgan fingerprint density at radius 2 is 1.88 bits per heavy atom. The molecule has 0 bridgehead atoms. The van der Waals surface area contributed by atoms with Crippen molar-refractivity contribution in [2.24, 2.45) is 0 Å². The highest BCUT2D eigenvalue weighted by molar-refractivity contribution is 7.89. The zero-order valence-corrected chi connectivity index (χ0v) is 15.7. The van der Waals surface area contributed by atoms with Crippen molar-refractivity contribution in [3.63, 3.8) is 0 Å². The number of benzene rings is 1. The summed E-state index contributed by atoms with van der Waals surface area (Å²) < 4.78 is 31.9. The van der Waals surface area contributed by atoms with Crippen LogP contribution in [0.3, 0.4) is 0 Å². The van der Waals surface area contributed by atoms with Crippen LogP contribution in [0.4, 0.5) is 0 Å². The lowest BCUT2D eigenvalue weighted by molar-refractivity contribution is -0.135. The first-order chi connectivity index (χ1) is 12.4. The molecule has 1 aliphatic rings. The summed E-state index contributed by atoms with van der Waals surface area (Å²) >= 11 is 0. The molecule has 2 amide bonds. The minimum atomic E-state index is -3.69. The minimum absolute atomic E-state index is 0.0417. The van der Waals surface area contributed by atoms with Gasteiger partial charge >= 0.3 is 0 Å². The summed E-state index contributed by atoms with van der Waals surface area (Å²) in [4.78, 5) is 25.8. The number of sulfonamides is 1. The molecule has 0 spiro atoms. The molecule has 26 heavy (non-hydrogen) atoms. The molecule has 1 fully saturated rings. The van der Waals surface area contributed by atoms with Gasteiger partial charge in [-0.15, -0.1) is 0 Å². The van der Waals surface area contributed by atoms with E-state index < -0.39 is 10.0 Å². The predicted octanol–water partition coefficient (Wildman–Crippen LogP) is 0.0623. The lowest BCUT2D eigenvalue weighted by Crippen LogP contribution is -2.40. The van der Waals surface area contributed by atoms with Crippen molar-refractivity contribution in [2.75, 3.05) is 46.4 Å². The maximum Gasteiger partial charge on any atom is 0.248 e. The molecular weight excluding hydrogens is 358 g/mol. The van der Waals surface area contributed by atoms with Gasteiger partial charge in [-0.2, -0.15) is 4.31 Å². The normalized spacial score (nSPS) is 18.0. The molecule has 1 heterocycles. The number of methoxy groups -OCH3 is 1. The monoisotopic (exact) mass is 383 g/mol. The van der Waals surface area contributed by atoms with Gasteiger partial charge in [-0.1, -0.05) is 18.2 Å². The standard InChI is InChI=1S/C17H25N3O5S/c1-25-14-17(22)19-10-5-11-20(12-8-16(21)18-9-13-19)26(23,24)15-6-3-2-4-7-15/h2-4,6-7H,5,8-14H2,1H3,(H,18,21). The highest BCUT2D eigenvalue weighted by atomic mass is 32.2. The molecule has 2 rings (SSSR count). The first kappa shape index (κ1) is 20.3. The molecule has 1 saturated heterocycles. The number of rotatable bonds is 4. The molecule has 1 aliphatic heterocycles. The highest BCUT2D eigenvalue weighted by Crippen LogP contribution is 2.16. The maximum atomic E-state index is 12.9. The van der Waals surface area contributed by atoms with Gasteiger partial charge in [0.05, 0.1) is 4.90 Å². The Hall–Kier alpha value is -1.97. The number of carbonyl (C=O) groups excluding carboxylic acids is 2. The van der Waals surface area contributed by atoms with Gasteiger partial charge in [-0.3, -0.25) is 9.59 Å². The number of hydrogen-bond acceptors (Lipinski definition) is 5. The number of hydrogen-bond donors (Lipinski definition) is 1. The summed E-state index contributed by atoms with van der Waals surface area (Å²) in [6, 6.07) is 8.15. The van der Waals surface area contributed by atoms with Crippen LogP contribution in [-0.2, 0) is 24.3 Å². The van der Waals surface area contributed by atoms with E-state index in [0.29, 0.717) is 26.1 Å². The average Bonchev–Trinajstić information content (AvgIpc) is 2.67. The van der Waals surface area contributed by atoms with Crippen LogP contribution in [-0.4, -0.2) is 75.9 Å². The lowest BCUT2D eigenvalue weighted by Gasteiger charge is -2.24. The van der Waals surface area contributed by atoms with E-state index >= 15 is 0 Å². The Morgan fingerprint density at radius 3 is 2.58 bits per heavy atom. The number of amides is 2. The van der Waals surface area contributed by atoms with Crippen LogP contribution in [0.25, 0.3) is 0 Å². The van der Waals surface area contributed by atoms with Crippen molar-refractivity contribution < 1.29 is 22.7 Å². The second-order valence-corrected chi connectivity index (χ2v) is 7.92. The Labute approximate surface area is 154 Å². The summed E-state index contributed by atoms with van der Waals surface area (Å²) in [5, 5.41) is 2.72. The minimum Gasteiger partial charge on any atom is -0.375 e. The van der Waals surface area contributed by atoms with E-state index in [1.54, 1.807) is 23.1 Å². The Balaban J connectivity index is 2.15. The van der Waals surface area contributed by atoms with Crippen molar-refractivity contribution in [2.45, 2.75) is 17.7 Å². The summed E-state index contributed by atoms with van der Waals surface area (Å²) in [6.07, 6.45) is 0.563. The van der Waals surface area contributed by atoms with Gasteiger partial charge in [-0.25, -0.2) is 8.42 Å². The molecule has 144 valence electrons. The fourth-order valence-electron chi connectivity index (χ4n) is 2.75. The van der Waals surface area contributed by atoms with Crippen LogP contribution in [0.2, 0.25) is 0 Å². The highest BCUT2D eigenvalue weighted by Gasteiger charge is 2.25.